The Morgan fingerprint density at radius 3 is 2.55 bits per heavy atom. The summed E-state index contributed by atoms with van der Waals surface area (Å²) in [5, 5.41) is 2.87. The van der Waals surface area contributed by atoms with Crippen LogP contribution in [0.25, 0.3) is 0 Å². The summed E-state index contributed by atoms with van der Waals surface area (Å²) in [4.78, 5) is 23.4. The number of aromatic nitrogens is 2. The van der Waals surface area contributed by atoms with Crippen molar-refractivity contribution >= 4 is 17.5 Å². The van der Waals surface area contributed by atoms with Crippen LogP contribution in [0.4, 0.5) is 11.6 Å². The van der Waals surface area contributed by atoms with E-state index in [9.17, 15) is 4.79 Å². The summed E-state index contributed by atoms with van der Waals surface area (Å²) in [7, 11) is 0. The molecule has 1 aliphatic heterocycles. The third-order valence-electron chi connectivity index (χ3n) is 3.88. The van der Waals surface area contributed by atoms with Crippen molar-refractivity contribution < 1.29 is 4.79 Å². The Hall–Kier alpha value is -2.43. The Kier molecular flexibility index (Phi) is 4.32. The van der Waals surface area contributed by atoms with E-state index in [1.54, 1.807) is 6.20 Å². The number of nitrogens with zero attached hydrogens (tertiary/aromatic N) is 3. The van der Waals surface area contributed by atoms with Gasteiger partial charge >= 0.3 is 0 Å². The first-order chi connectivity index (χ1) is 10.7. The van der Waals surface area contributed by atoms with Gasteiger partial charge in [-0.05, 0) is 38.3 Å². The summed E-state index contributed by atoms with van der Waals surface area (Å²) >= 11 is 0. The van der Waals surface area contributed by atoms with Crippen molar-refractivity contribution in [3.8, 4) is 0 Å². The summed E-state index contributed by atoms with van der Waals surface area (Å²) in [5.74, 6) is 0.558. The number of nitrogens with one attached hydrogen (secondary N) is 1. The van der Waals surface area contributed by atoms with Gasteiger partial charge in [0, 0.05) is 25.0 Å². The molecule has 0 aliphatic carbocycles. The van der Waals surface area contributed by atoms with Crippen molar-refractivity contribution in [2.24, 2.45) is 0 Å². The topological polar surface area (TPSA) is 58.1 Å². The molecule has 3 rings (SSSR count). The van der Waals surface area contributed by atoms with Crippen LogP contribution in [0.1, 0.15) is 35.3 Å². The maximum Gasteiger partial charge on any atom is 0.259 e. The van der Waals surface area contributed by atoms with Gasteiger partial charge < -0.3 is 10.2 Å². The number of aryl methyl sites for hydroxylation is 1. The molecule has 114 valence electrons. The van der Waals surface area contributed by atoms with Gasteiger partial charge in [-0.15, -0.1) is 0 Å². The summed E-state index contributed by atoms with van der Waals surface area (Å²) in [6.07, 6.45) is 5.26. The smallest absolute Gasteiger partial charge is 0.259 e. The molecule has 0 spiro atoms. The van der Waals surface area contributed by atoms with Crippen molar-refractivity contribution in [1.82, 2.24) is 9.97 Å². The van der Waals surface area contributed by atoms with Gasteiger partial charge in [-0.2, -0.15) is 0 Å². The second-order valence-electron chi connectivity index (χ2n) is 5.54. The highest BCUT2D eigenvalue weighted by Gasteiger charge is 2.17. The molecule has 1 amide bonds. The molecule has 22 heavy (non-hydrogen) atoms. The third-order valence-corrected chi connectivity index (χ3v) is 3.88. The van der Waals surface area contributed by atoms with E-state index < -0.39 is 0 Å². The van der Waals surface area contributed by atoms with E-state index in [4.69, 9.17) is 0 Å². The van der Waals surface area contributed by atoms with Crippen LogP contribution in [-0.2, 0) is 0 Å². The Labute approximate surface area is 130 Å². The third kappa shape index (κ3) is 3.24. The number of rotatable bonds is 3. The number of amides is 1. The summed E-state index contributed by atoms with van der Waals surface area (Å²) < 4.78 is 0. The Morgan fingerprint density at radius 1 is 1.14 bits per heavy atom. The first kappa shape index (κ1) is 14.5. The van der Waals surface area contributed by atoms with Crippen molar-refractivity contribution in [2.45, 2.75) is 26.2 Å². The van der Waals surface area contributed by atoms with Gasteiger partial charge in [-0.1, -0.05) is 18.2 Å². The lowest BCUT2D eigenvalue weighted by molar-refractivity contribution is 0.102. The molecule has 1 aromatic carbocycles. The number of hydrogen-bond acceptors (Lipinski definition) is 4. The highest BCUT2D eigenvalue weighted by atomic mass is 16.1. The molecule has 1 saturated heterocycles. The summed E-state index contributed by atoms with van der Waals surface area (Å²) in [6.45, 7) is 3.85. The lowest BCUT2D eigenvalue weighted by atomic mass is 10.1. The van der Waals surface area contributed by atoms with Gasteiger partial charge in [0.25, 0.3) is 5.91 Å². The zero-order valence-electron chi connectivity index (χ0n) is 12.7. The molecule has 0 atom stereocenters. The van der Waals surface area contributed by atoms with Gasteiger partial charge in [0.2, 0.25) is 5.95 Å². The molecule has 1 aliphatic rings. The molecule has 1 fully saturated rings. The molecular weight excluding hydrogens is 276 g/mol. The van der Waals surface area contributed by atoms with Crippen LogP contribution < -0.4 is 10.2 Å². The molecule has 5 heteroatoms. The minimum Gasteiger partial charge on any atom is -0.341 e. The van der Waals surface area contributed by atoms with Crippen molar-refractivity contribution in [3.05, 3.63) is 47.8 Å². The molecule has 2 aromatic rings. The molecule has 1 aromatic heterocycles. The molecule has 5 nitrogen and oxygen atoms in total. The predicted octanol–water partition coefficient (Wildman–Crippen LogP) is 3.03. The SMILES string of the molecule is Cc1nc(N2CCCCC2)ncc1C(=O)Nc1ccccc1. The number of carbonyl (C=O) groups excluding carboxylic acids is 1. The van der Waals surface area contributed by atoms with Crippen LogP contribution in [0.5, 0.6) is 0 Å². The van der Waals surface area contributed by atoms with Crippen LogP contribution in [0.3, 0.4) is 0 Å². The van der Waals surface area contributed by atoms with Crippen LogP contribution >= 0.6 is 0 Å². The van der Waals surface area contributed by atoms with E-state index in [0.717, 1.165) is 24.7 Å². The number of carbonyl (C=O) groups is 1. The second kappa shape index (κ2) is 6.56. The Morgan fingerprint density at radius 2 is 1.86 bits per heavy atom. The fraction of sp³-hybridized carbons (Fsp3) is 0.353. The molecule has 0 saturated carbocycles. The number of anilines is 2. The average molecular weight is 296 g/mol. The lowest BCUT2D eigenvalue weighted by Gasteiger charge is -2.26. The van der Waals surface area contributed by atoms with E-state index in [1.807, 2.05) is 37.3 Å². The van der Waals surface area contributed by atoms with Crippen LogP contribution in [0.2, 0.25) is 0 Å². The van der Waals surface area contributed by atoms with Crippen molar-refractivity contribution in [2.75, 3.05) is 23.3 Å². The Bertz CT molecular complexity index is 651. The first-order valence-corrected chi connectivity index (χ1v) is 7.69. The number of hydrogen-bond donors (Lipinski definition) is 1. The van der Waals surface area contributed by atoms with Gasteiger partial charge in [-0.3, -0.25) is 4.79 Å². The Balaban J connectivity index is 1.75. The zero-order valence-corrected chi connectivity index (χ0v) is 12.7. The largest absolute Gasteiger partial charge is 0.341 e. The fourth-order valence-electron chi connectivity index (χ4n) is 2.64. The highest BCUT2D eigenvalue weighted by molar-refractivity contribution is 6.04. The van der Waals surface area contributed by atoms with Crippen LogP contribution in [-0.4, -0.2) is 29.0 Å². The fourth-order valence-corrected chi connectivity index (χ4v) is 2.64. The summed E-state index contributed by atoms with van der Waals surface area (Å²) in [6, 6.07) is 9.40. The van der Waals surface area contributed by atoms with Crippen molar-refractivity contribution in [3.63, 3.8) is 0 Å². The van der Waals surface area contributed by atoms with E-state index in [1.165, 1.54) is 19.3 Å². The monoisotopic (exact) mass is 296 g/mol. The van der Waals surface area contributed by atoms with E-state index >= 15 is 0 Å². The number of piperidine rings is 1. The molecule has 2 heterocycles. The second-order valence-corrected chi connectivity index (χ2v) is 5.54. The maximum absolute atomic E-state index is 12.3. The minimum absolute atomic E-state index is 0.172. The predicted molar refractivity (Wildman–Crippen MR) is 87.2 cm³/mol. The molecule has 0 unspecified atom stereocenters. The highest BCUT2D eigenvalue weighted by Crippen LogP contribution is 2.17. The lowest BCUT2D eigenvalue weighted by Crippen LogP contribution is -2.31. The van der Waals surface area contributed by atoms with Gasteiger partial charge in [0.15, 0.2) is 0 Å². The minimum atomic E-state index is -0.172. The first-order valence-electron chi connectivity index (χ1n) is 7.69. The molecule has 0 bridgehead atoms. The molecule has 0 radical (unpaired) electrons. The van der Waals surface area contributed by atoms with Gasteiger partial charge in [0.05, 0.1) is 11.3 Å². The molecule has 1 N–H and O–H groups in total. The van der Waals surface area contributed by atoms with E-state index in [0.29, 0.717) is 11.3 Å². The van der Waals surface area contributed by atoms with E-state index in [2.05, 4.69) is 20.2 Å². The number of para-hydroxylation sites is 1. The quantitative estimate of drug-likeness (QED) is 0.946. The molecular formula is C17H20N4O. The van der Waals surface area contributed by atoms with Gasteiger partial charge in [-0.25, -0.2) is 9.97 Å². The summed E-state index contributed by atoms with van der Waals surface area (Å²) in [5.41, 5.74) is 2.00. The standard InChI is InChI=1S/C17H20N4O/c1-13-15(16(22)20-14-8-4-2-5-9-14)12-18-17(19-13)21-10-6-3-7-11-21/h2,4-5,8-9,12H,3,6-7,10-11H2,1H3,(H,20,22). The number of benzene rings is 1. The normalized spacial score (nSPS) is 14.7. The van der Waals surface area contributed by atoms with Gasteiger partial charge in [0.1, 0.15) is 0 Å². The average Bonchev–Trinajstić information content (AvgIpc) is 2.56. The maximum atomic E-state index is 12.3. The van der Waals surface area contributed by atoms with Crippen LogP contribution in [0, 0.1) is 6.92 Å². The van der Waals surface area contributed by atoms with E-state index in [-0.39, 0.29) is 5.91 Å². The van der Waals surface area contributed by atoms with Crippen LogP contribution in [0.15, 0.2) is 36.5 Å². The van der Waals surface area contributed by atoms with Crippen molar-refractivity contribution in [1.29, 1.82) is 0 Å². The zero-order chi connectivity index (χ0) is 15.4.